The lowest BCUT2D eigenvalue weighted by atomic mass is 9.74. The van der Waals surface area contributed by atoms with E-state index in [4.69, 9.17) is 18.9 Å². The minimum absolute atomic E-state index is 0.0290. The Kier molecular flexibility index (Phi) is 7.15. The summed E-state index contributed by atoms with van der Waals surface area (Å²) in [4.78, 5) is 4.50. The first-order valence-corrected chi connectivity index (χ1v) is 12.0. The molecule has 2 saturated heterocycles. The summed E-state index contributed by atoms with van der Waals surface area (Å²) in [5, 5.41) is 7.18. The van der Waals surface area contributed by atoms with Gasteiger partial charge in [-0.3, -0.25) is 4.99 Å². The van der Waals surface area contributed by atoms with Crippen LogP contribution in [-0.4, -0.2) is 58.8 Å². The van der Waals surface area contributed by atoms with Crippen LogP contribution in [-0.2, 0) is 14.9 Å². The number of ether oxygens (including phenoxy) is 4. The van der Waals surface area contributed by atoms with Crippen LogP contribution < -0.4 is 20.1 Å². The molecule has 3 aliphatic heterocycles. The first kappa shape index (κ1) is 23.2. The van der Waals surface area contributed by atoms with Crippen LogP contribution in [0, 0.1) is 11.3 Å². The Morgan fingerprint density at radius 1 is 1.09 bits per heavy atom. The lowest BCUT2D eigenvalue weighted by Gasteiger charge is -2.41. The van der Waals surface area contributed by atoms with Gasteiger partial charge in [0.1, 0.15) is 0 Å². The number of hydrogen-bond donors (Lipinski definition) is 2. The molecule has 0 amide bonds. The minimum Gasteiger partial charge on any atom is -0.454 e. The number of nitrogens with zero attached hydrogens (tertiary/aromatic N) is 1. The number of nitrogens with one attached hydrogen (secondary N) is 2. The van der Waals surface area contributed by atoms with Gasteiger partial charge in [-0.15, -0.1) is 0 Å². The molecular weight excluding hydrogens is 406 g/mol. The zero-order chi connectivity index (χ0) is 22.6. The van der Waals surface area contributed by atoms with Crippen molar-refractivity contribution in [3.8, 4) is 11.5 Å². The number of fused-ring (bicyclic) bond motifs is 1. The van der Waals surface area contributed by atoms with E-state index in [9.17, 15) is 0 Å². The van der Waals surface area contributed by atoms with Crippen molar-refractivity contribution in [1.82, 2.24) is 10.6 Å². The summed E-state index contributed by atoms with van der Waals surface area (Å²) in [6, 6.07) is 6.33. The third kappa shape index (κ3) is 5.15. The molecule has 2 N–H and O–H groups in total. The maximum atomic E-state index is 6.15. The summed E-state index contributed by atoms with van der Waals surface area (Å²) >= 11 is 0. The predicted molar refractivity (Wildman–Crippen MR) is 126 cm³/mol. The minimum atomic E-state index is -0.0290. The number of guanidine groups is 1. The SMILES string of the molecule is CN=C(NCC1CCCOC1C(C)(C)C)NCC1(c2ccc3c(c2)OCO3)CCOCC1. The molecule has 0 radical (unpaired) electrons. The van der Waals surface area contributed by atoms with Gasteiger partial charge in [0.25, 0.3) is 0 Å². The van der Waals surface area contributed by atoms with E-state index >= 15 is 0 Å². The van der Waals surface area contributed by atoms with Gasteiger partial charge in [0.2, 0.25) is 6.79 Å². The molecule has 3 heterocycles. The highest BCUT2D eigenvalue weighted by Gasteiger charge is 2.37. The van der Waals surface area contributed by atoms with Crippen molar-refractivity contribution in [1.29, 1.82) is 0 Å². The van der Waals surface area contributed by atoms with Gasteiger partial charge < -0.3 is 29.6 Å². The van der Waals surface area contributed by atoms with Crippen LogP contribution in [0.25, 0.3) is 0 Å². The summed E-state index contributed by atoms with van der Waals surface area (Å²) in [5.41, 5.74) is 1.37. The van der Waals surface area contributed by atoms with Crippen molar-refractivity contribution in [3.05, 3.63) is 23.8 Å². The lowest BCUT2D eigenvalue weighted by molar-refractivity contribution is -0.0835. The van der Waals surface area contributed by atoms with E-state index in [0.717, 1.165) is 69.6 Å². The molecule has 1 aromatic rings. The molecule has 0 bridgehead atoms. The molecule has 7 nitrogen and oxygen atoms in total. The monoisotopic (exact) mass is 445 g/mol. The molecule has 7 heteroatoms. The van der Waals surface area contributed by atoms with E-state index in [1.165, 1.54) is 12.0 Å². The van der Waals surface area contributed by atoms with Crippen LogP contribution in [0.4, 0.5) is 0 Å². The van der Waals surface area contributed by atoms with Crippen molar-refractivity contribution < 1.29 is 18.9 Å². The fourth-order valence-corrected chi connectivity index (χ4v) is 5.27. The van der Waals surface area contributed by atoms with Crippen molar-refractivity contribution in [2.75, 3.05) is 46.8 Å². The van der Waals surface area contributed by atoms with E-state index in [0.29, 0.717) is 12.7 Å². The molecule has 2 unspecified atom stereocenters. The quantitative estimate of drug-likeness (QED) is 0.534. The van der Waals surface area contributed by atoms with E-state index in [1.807, 2.05) is 13.1 Å². The Hall–Kier alpha value is -1.99. The topological polar surface area (TPSA) is 73.3 Å². The first-order chi connectivity index (χ1) is 15.4. The van der Waals surface area contributed by atoms with Gasteiger partial charge in [-0.2, -0.15) is 0 Å². The average molecular weight is 446 g/mol. The summed E-state index contributed by atoms with van der Waals surface area (Å²) in [6.07, 6.45) is 4.48. The molecule has 2 atom stereocenters. The molecule has 0 aliphatic carbocycles. The Balaban J connectivity index is 1.41. The molecule has 1 aromatic carbocycles. The van der Waals surface area contributed by atoms with Gasteiger partial charge in [0.15, 0.2) is 17.5 Å². The van der Waals surface area contributed by atoms with Crippen molar-refractivity contribution in [2.24, 2.45) is 16.3 Å². The van der Waals surface area contributed by atoms with E-state index in [-0.39, 0.29) is 16.9 Å². The van der Waals surface area contributed by atoms with Crippen LogP contribution in [0.1, 0.15) is 52.0 Å². The van der Waals surface area contributed by atoms with Crippen molar-refractivity contribution in [3.63, 3.8) is 0 Å². The molecule has 0 aromatic heterocycles. The lowest BCUT2D eigenvalue weighted by Crippen LogP contribution is -2.50. The second-order valence-corrected chi connectivity index (χ2v) is 10.3. The third-order valence-electron chi connectivity index (χ3n) is 7.08. The van der Waals surface area contributed by atoms with Crippen LogP contribution >= 0.6 is 0 Å². The Bertz CT molecular complexity index is 799. The summed E-state index contributed by atoms with van der Waals surface area (Å²) in [6.45, 7) is 11.1. The van der Waals surface area contributed by atoms with Crippen molar-refractivity contribution >= 4 is 5.96 Å². The maximum Gasteiger partial charge on any atom is 0.231 e. The molecule has 2 fully saturated rings. The van der Waals surface area contributed by atoms with Crippen LogP contribution in [0.3, 0.4) is 0 Å². The highest BCUT2D eigenvalue weighted by Crippen LogP contribution is 2.40. The fourth-order valence-electron chi connectivity index (χ4n) is 5.27. The summed E-state index contributed by atoms with van der Waals surface area (Å²) in [5.74, 6) is 2.98. The Labute approximate surface area is 192 Å². The normalized spacial score (nSPS) is 25.4. The first-order valence-electron chi connectivity index (χ1n) is 12.0. The number of aliphatic imine (C=N–C) groups is 1. The van der Waals surface area contributed by atoms with Gasteiger partial charge >= 0.3 is 0 Å². The predicted octanol–water partition coefficient (Wildman–Crippen LogP) is 3.47. The van der Waals surface area contributed by atoms with Crippen LogP contribution in [0.5, 0.6) is 11.5 Å². The summed E-state index contributed by atoms with van der Waals surface area (Å²) in [7, 11) is 1.84. The Morgan fingerprint density at radius 2 is 1.88 bits per heavy atom. The molecule has 32 heavy (non-hydrogen) atoms. The fraction of sp³-hybridized carbons (Fsp3) is 0.720. The number of benzene rings is 1. The van der Waals surface area contributed by atoms with E-state index < -0.39 is 0 Å². The Morgan fingerprint density at radius 3 is 2.62 bits per heavy atom. The second kappa shape index (κ2) is 9.87. The molecule has 0 spiro atoms. The standard InChI is InChI=1S/C25H39N3O4/c1-24(2,3)22-18(6-5-11-30-22)15-27-23(26-4)28-16-25(9-12-29-13-10-25)19-7-8-20-21(14-19)32-17-31-20/h7-8,14,18,22H,5-6,9-13,15-17H2,1-4H3,(H2,26,27,28). The molecular formula is C25H39N3O4. The number of rotatable bonds is 5. The molecule has 0 saturated carbocycles. The van der Waals surface area contributed by atoms with Crippen LogP contribution in [0.15, 0.2) is 23.2 Å². The highest BCUT2D eigenvalue weighted by molar-refractivity contribution is 5.79. The molecule has 3 aliphatic rings. The highest BCUT2D eigenvalue weighted by atomic mass is 16.7. The largest absolute Gasteiger partial charge is 0.454 e. The molecule has 178 valence electrons. The van der Waals surface area contributed by atoms with E-state index in [2.05, 4.69) is 48.5 Å². The third-order valence-corrected chi connectivity index (χ3v) is 7.08. The average Bonchev–Trinajstić information content (AvgIpc) is 3.27. The zero-order valence-electron chi connectivity index (χ0n) is 20.0. The van der Waals surface area contributed by atoms with Crippen LogP contribution in [0.2, 0.25) is 0 Å². The van der Waals surface area contributed by atoms with Gasteiger partial charge in [-0.25, -0.2) is 0 Å². The maximum absolute atomic E-state index is 6.15. The second-order valence-electron chi connectivity index (χ2n) is 10.3. The van der Waals surface area contributed by atoms with Gasteiger partial charge in [-0.05, 0) is 48.8 Å². The smallest absolute Gasteiger partial charge is 0.231 e. The van der Waals surface area contributed by atoms with Crippen molar-refractivity contribution in [2.45, 2.75) is 58.0 Å². The van der Waals surface area contributed by atoms with E-state index in [1.54, 1.807) is 0 Å². The molecule has 4 rings (SSSR count). The number of hydrogen-bond acceptors (Lipinski definition) is 5. The van der Waals surface area contributed by atoms with Gasteiger partial charge in [0, 0.05) is 51.3 Å². The summed E-state index contributed by atoms with van der Waals surface area (Å²) < 4.78 is 23.0. The van der Waals surface area contributed by atoms with Gasteiger partial charge in [-0.1, -0.05) is 26.8 Å². The zero-order valence-corrected chi connectivity index (χ0v) is 20.0. The van der Waals surface area contributed by atoms with Gasteiger partial charge in [0.05, 0.1) is 6.10 Å².